The number of aromatic nitrogens is 1. The number of hydrogen-bond acceptors (Lipinski definition) is 3. The van der Waals surface area contributed by atoms with Gasteiger partial charge in [0.25, 0.3) is 5.91 Å². The molecule has 1 heterocycles. The molecule has 0 saturated heterocycles. The van der Waals surface area contributed by atoms with Gasteiger partial charge in [0.2, 0.25) is 0 Å². The summed E-state index contributed by atoms with van der Waals surface area (Å²) in [5, 5.41) is 2.77. The van der Waals surface area contributed by atoms with E-state index >= 15 is 0 Å². The van der Waals surface area contributed by atoms with Gasteiger partial charge < -0.3 is 11.1 Å². The Morgan fingerprint density at radius 2 is 2.17 bits per heavy atom. The van der Waals surface area contributed by atoms with Gasteiger partial charge in [0.05, 0.1) is 5.56 Å². The lowest BCUT2D eigenvalue weighted by Gasteiger charge is -2.08. The molecule has 2 rings (SSSR count). The molecule has 0 aliphatic carbocycles. The fourth-order valence-corrected chi connectivity index (χ4v) is 1.93. The van der Waals surface area contributed by atoms with Crippen LogP contribution in [0, 0.1) is 6.92 Å². The molecule has 4 nitrogen and oxygen atoms in total. The maximum Gasteiger partial charge on any atom is 0.259 e. The SMILES string of the molecule is Cc1cc(N)c(C(=O)Nc2cccc(Br)c2)cn1. The molecule has 3 N–H and O–H groups in total. The molecule has 1 aromatic heterocycles. The Morgan fingerprint density at radius 3 is 2.83 bits per heavy atom. The van der Waals surface area contributed by atoms with Crippen LogP contribution in [0.15, 0.2) is 41.0 Å². The van der Waals surface area contributed by atoms with Crippen LogP contribution in [0.3, 0.4) is 0 Å². The van der Waals surface area contributed by atoms with Crippen LogP contribution in [0.2, 0.25) is 0 Å². The van der Waals surface area contributed by atoms with Crippen molar-refractivity contribution in [3.8, 4) is 0 Å². The first-order valence-electron chi connectivity index (χ1n) is 5.35. The highest BCUT2D eigenvalue weighted by Crippen LogP contribution is 2.18. The lowest BCUT2D eigenvalue weighted by atomic mass is 10.2. The fraction of sp³-hybridized carbons (Fsp3) is 0.0769. The van der Waals surface area contributed by atoms with Gasteiger partial charge >= 0.3 is 0 Å². The molecule has 0 atom stereocenters. The van der Waals surface area contributed by atoms with Crippen molar-refractivity contribution < 1.29 is 4.79 Å². The zero-order chi connectivity index (χ0) is 13.1. The molecular formula is C13H12BrN3O. The number of nitrogens with zero attached hydrogens (tertiary/aromatic N) is 1. The van der Waals surface area contributed by atoms with Crippen molar-refractivity contribution in [1.82, 2.24) is 4.98 Å². The Kier molecular flexibility index (Phi) is 3.62. The van der Waals surface area contributed by atoms with E-state index in [-0.39, 0.29) is 5.91 Å². The second-order valence-corrected chi connectivity index (χ2v) is 4.79. The predicted molar refractivity (Wildman–Crippen MR) is 75.5 cm³/mol. The number of nitrogen functional groups attached to an aromatic ring is 1. The minimum Gasteiger partial charge on any atom is -0.398 e. The number of carbonyl (C=O) groups is 1. The quantitative estimate of drug-likeness (QED) is 0.896. The van der Waals surface area contributed by atoms with E-state index in [0.717, 1.165) is 10.2 Å². The molecule has 0 aliphatic heterocycles. The summed E-state index contributed by atoms with van der Waals surface area (Å²) in [6.45, 7) is 1.83. The number of rotatable bonds is 2. The topological polar surface area (TPSA) is 68.0 Å². The molecular weight excluding hydrogens is 294 g/mol. The number of pyridine rings is 1. The lowest BCUT2D eigenvalue weighted by molar-refractivity contribution is 0.102. The monoisotopic (exact) mass is 305 g/mol. The fourth-order valence-electron chi connectivity index (χ4n) is 1.54. The van der Waals surface area contributed by atoms with Gasteiger partial charge in [-0.1, -0.05) is 22.0 Å². The van der Waals surface area contributed by atoms with E-state index in [9.17, 15) is 4.79 Å². The summed E-state index contributed by atoms with van der Waals surface area (Å²) in [5.74, 6) is -0.266. The molecule has 1 amide bonds. The average Bonchev–Trinajstić information content (AvgIpc) is 2.28. The minimum absolute atomic E-state index is 0.266. The molecule has 1 aromatic carbocycles. The van der Waals surface area contributed by atoms with Gasteiger partial charge in [-0.15, -0.1) is 0 Å². The Hall–Kier alpha value is -1.88. The normalized spacial score (nSPS) is 10.1. The number of halogens is 1. The van der Waals surface area contributed by atoms with Crippen molar-refractivity contribution in [2.45, 2.75) is 6.92 Å². The Labute approximate surface area is 113 Å². The van der Waals surface area contributed by atoms with Crippen LogP contribution in [-0.4, -0.2) is 10.9 Å². The van der Waals surface area contributed by atoms with Crippen LogP contribution >= 0.6 is 15.9 Å². The third-order valence-corrected chi connectivity index (χ3v) is 2.89. The van der Waals surface area contributed by atoms with Crippen LogP contribution in [-0.2, 0) is 0 Å². The van der Waals surface area contributed by atoms with Crippen LogP contribution in [0.5, 0.6) is 0 Å². The minimum atomic E-state index is -0.266. The third kappa shape index (κ3) is 2.87. The largest absolute Gasteiger partial charge is 0.398 e. The molecule has 0 unspecified atom stereocenters. The molecule has 0 radical (unpaired) electrons. The van der Waals surface area contributed by atoms with Crippen LogP contribution in [0.25, 0.3) is 0 Å². The first-order valence-corrected chi connectivity index (χ1v) is 6.14. The van der Waals surface area contributed by atoms with Crippen molar-refractivity contribution in [2.24, 2.45) is 0 Å². The predicted octanol–water partition coefficient (Wildman–Crippen LogP) is 2.99. The first kappa shape index (κ1) is 12.6. The summed E-state index contributed by atoms with van der Waals surface area (Å²) in [4.78, 5) is 16.1. The van der Waals surface area contributed by atoms with Crippen molar-refractivity contribution in [2.75, 3.05) is 11.1 Å². The van der Waals surface area contributed by atoms with Gasteiger partial charge in [-0.2, -0.15) is 0 Å². The summed E-state index contributed by atoms with van der Waals surface area (Å²) < 4.78 is 0.898. The summed E-state index contributed by atoms with van der Waals surface area (Å²) in [5.41, 5.74) is 8.08. The molecule has 0 aliphatic rings. The van der Waals surface area contributed by atoms with E-state index in [0.29, 0.717) is 16.9 Å². The number of carbonyl (C=O) groups excluding carboxylic acids is 1. The number of nitrogens with one attached hydrogen (secondary N) is 1. The van der Waals surface area contributed by atoms with E-state index in [1.165, 1.54) is 6.20 Å². The van der Waals surface area contributed by atoms with Crippen LogP contribution in [0.4, 0.5) is 11.4 Å². The van der Waals surface area contributed by atoms with E-state index < -0.39 is 0 Å². The number of nitrogens with two attached hydrogens (primary N) is 1. The highest BCUT2D eigenvalue weighted by molar-refractivity contribution is 9.10. The van der Waals surface area contributed by atoms with Crippen LogP contribution in [0.1, 0.15) is 16.1 Å². The maximum atomic E-state index is 12.0. The molecule has 18 heavy (non-hydrogen) atoms. The van der Waals surface area contributed by atoms with E-state index in [2.05, 4.69) is 26.2 Å². The molecule has 0 bridgehead atoms. The van der Waals surface area contributed by atoms with Gasteiger partial charge in [0, 0.05) is 27.7 Å². The number of aryl methyl sites for hydroxylation is 1. The van der Waals surface area contributed by atoms with Gasteiger partial charge in [0.15, 0.2) is 0 Å². The molecule has 2 aromatic rings. The number of hydrogen-bond donors (Lipinski definition) is 2. The van der Waals surface area contributed by atoms with Crippen molar-refractivity contribution in [1.29, 1.82) is 0 Å². The molecule has 92 valence electrons. The summed E-state index contributed by atoms with van der Waals surface area (Å²) in [7, 11) is 0. The smallest absolute Gasteiger partial charge is 0.259 e. The van der Waals surface area contributed by atoms with E-state index in [1.54, 1.807) is 12.1 Å². The Balaban J connectivity index is 2.22. The van der Waals surface area contributed by atoms with E-state index in [1.807, 2.05) is 25.1 Å². The second kappa shape index (κ2) is 5.18. The first-order chi connectivity index (χ1) is 8.56. The Morgan fingerprint density at radius 1 is 1.39 bits per heavy atom. The number of benzene rings is 1. The number of anilines is 2. The average molecular weight is 306 g/mol. The number of amides is 1. The van der Waals surface area contributed by atoms with Crippen LogP contribution < -0.4 is 11.1 Å². The van der Waals surface area contributed by atoms with Crippen molar-refractivity contribution in [3.05, 3.63) is 52.3 Å². The van der Waals surface area contributed by atoms with Crippen molar-refractivity contribution in [3.63, 3.8) is 0 Å². The third-order valence-electron chi connectivity index (χ3n) is 2.40. The summed E-state index contributed by atoms with van der Waals surface area (Å²) >= 11 is 3.34. The van der Waals surface area contributed by atoms with Gasteiger partial charge in [-0.3, -0.25) is 9.78 Å². The molecule has 0 spiro atoms. The maximum absolute atomic E-state index is 12.0. The Bertz CT molecular complexity index is 599. The highest BCUT2D eigenvalue weighted by atomic mass is 79.9. The molecule has 5 heteroatoms. The van der Waals surface area contributed by atoms with Crippen molar-refractivity contribution >= 4 is 33.2 Å². The van der Waals surface area contributed by atoms with Gasteiger partial charge in [0.1, 0.15) is 0 Å². The molecule has 0 fully saturated rings. The molecule has 0 saturated carbocycles. The van der Waals surface area contributed by atoms with E-state index in [4.69, 9.17) is 5.73 Å². The second-order valence-electron chi connectivity index (χ2n) is 3.88. The zero-order valence-corrected chi connectivity index (χ0v) is 11.4. The lowest BCUT2D eigenvalue weighted by Crippen LogP contribution is -2.14. The van der Waals surface area contributed by atoms with Gasteiger partial charge in [-0.25, -0.2) is 0 Å². The summed E-state index contributed by atoms with van der Waals surface area (Å²) in [6, 6.07) is 9.03. The highest BCUT2D eigenvalue weighted by Gasteiger charge is 2.10. The summed E-state index contributed by atoms with van der Waals surface area (Å²) in [6.07, 6.45) is 1.48. The standard InChI is InChI=1S/C13H12BrN3O/c1-8-5-12(15)11(7-16-8)13(18)17-10-4-2-3-9(14)6-10/h2-7H,1H3,(H2,15,16)(H,17,18). The van der Waals surface area contributed by atoms with Gasteiger partial charge in [-0.05, 0) is 31.2 Å². The zero-order valence-electron chi connectivity index (χ0n) is 9.77.